The quantitative estimate of drug-likeness (QED) is 0.174. The Morgan fingerprint density at radius 1 is 1.02 bits per heavy atom. The van der Waals surface area contributed by atoms with Crippen molar-refractivity contribution >= 4 is 39.9 Å². The molecule has 0 aliphatic carbocycles. The zero-order valence-corrected chi connectivity index (χ0v) is 28.4. The highest BCUT2D eigenvalue weighted by Crippen LogP contribution is 2.29. The van der Waals surface area contributed by atoms with E-state index in [1.807, 2.05) is 60.4 Å². The molecular weight excluding hydrogens is 584 g/mol. The molecule has 4 aromatic rings. The number of nitrogens with two attached hydrogens (primary N) is 1. The van der Waals surface area contributed by atoms with Crippen molar-refractivity contribution in [3.63, 3.8) is 0 Å². The monoisotopic (exact) mass is 634 g/mol. The van der Waals surface area contributed by atoms with Crippen molar-refractivity contribution in [1.29, 1.82) is 0 Å². The van der Waals surface area contributed by atoms with E-state index in [9.17, 15) is 9.59 Å². The van der Waals surface area contributed by atoms with Crippen LogP contribution in [-0.2, 0) is 38.6 Å². The van der Waals surface area contributed by atoms with Gasteiger partial charge in [-0.2, -0.15) is 0 Å². The van der Waals surface area contributed by atoms with Crippen LogP contribution < -0.4 is 10.5 Å². The maximum absolute atomic E-state index is 13.7. The zero-order chi connectivity index (χ0) is 33.7. The van der Waals surface area contributed by atoms with Gasteiger partial charge in [0, 0.05) is 52.3 Å². The van der Waals surface area contributed by atoms with E-state index < -0.39 is 5.60 Å². The van der Waals surface area contributed by atoms with Crippen molar-refractivity contribution in [1.82, 2.24) is 24.3 Å². The normalized spacial score (nSPS) is 11.5. The fourth-order valence-electron chi connectivity index (χ4n) is 5.04. The number of rotatable bonds is 16. The summed E-state index contributed by atoms with van der Waals surface area (Å²) < 4.78 is 18.0. The van der Waals surface area contributed by atoms with Gasteiger partial charge < -0.3 is 29.4 Å². The molecule has 0 saturated heterocycles. The van der Waals surface area contributed by atoms with Gasteiger partial charge in [-0.1, -0.05) is 44.2 Å². The lowest BCUT2D eigenvalue weighted by Crippen LogP contribution is -2.41. The highest BCUT2D eigenvalue weighted by Gasteiger charge is 2.22. The second kappa shape index (κ2) is 17.6. The topological polar surface area (TPSA) is 125 Å². The summed E-state index contributed by atoms with van der Waals surface area (Å²) in [6.07, 6.45) is 1.38. The number of methoxy groups -OCH3 is 2. The van der Waals surface area contributed by atoms with Gasteiger partial charge in [0.05, 0.1) is 24.2 Å². The van der Waals surface area contributed by atoms with Crippen LogP contribution in [-0.4, -0.2) is 95.7 Å². The minimum Gasteiger partial charge on any atom is -0.480 e. The molecule has 2 N–H and O–H groups in total. The van der Waals surface area contributed by atoms with Gasteiger partial charge in [-0.05, 0) is 57.6 Å². The van der Waals surface area contributed by atoms with Crippen LogP contribution in [0.3, 0.4) is 0 Å². The van der Waals surface area contributed by atoms with E-state index in [1.165, 1.54) is 0 Å². The lowest BCUT2D eigenvalue weighted by atomic mass is 10.1. The number of carbonyl (C=O) groups is 2. The molecule has 11 heteroatoms. The van der Waals surface area contributed by atoms with Crippen LogP contribution in [0.5, 0.6) is 5.75 Å². The number of aldehydes is 1. The van der Waals surface area contributed by atoms with Crippen LogP contribution in [0.1, 0.15) is 46.0 Å². The molecule has 0 saturated carbocycles. The molecular formula is C35H50N6O5. The molecule has 1 amide bonds. The summed E-state index contributed by atoms with van der Waals surface area (Å²) in [7, 11) is 3.35. The third-order valence-electron chi connectivity index (χ3n) is 7.64. The highest BCUT2D eigenvalue weighted by atomic mass is 16.5. The summed E-state index contributed by atoms with van der Waals surface area (Å²) in [6.45, 7) is 14.1. The predicted molar refractivity (Wildman–Crippen MR) is 183 cm³/mol. The number of nitrogen functional groups attached to an aromatic ring is 1. The number of hydrogen-bond acceptors (Lipinski definition) is 9. The van der Waals surface area contributed by atoms with E-state index in [0.717, 1.165) is 53.8 Å². The number of pyridine rings is 1. The number of para-hydroxylation sites is 1. The third-order valence-corrected chi connectivity index (χ3v) is 7.64. The number of imidazole rings is 1. The summed E-state index contributed by atoms with van der Waals surface area (Å²) in [5, 5.41) is 0.960. The number of ether oxygens (including phenoxy) is 3. The summed E-state index contributed by atoms with van der Waals surface area (Å²) in [5.74, 6) is 1.83. The summed E-state index contributed by atoms with van der Waals surface area (Å²) in [6, 6.07) is 15.4. The smallest absolute Gasteiger partial charge is 0.237 e. The molecule has 2 aromatic carbocycles. The number of aromatic nitrogens is 3. The van der Waals surface area contributed by atoms with Crippen LogP contribution >= 0.6 is 0 Å². The molecule has 11 nitrogen and oxygen atoms in total. The molecule has 0 unspecified atom stereocenters. The summed E-state index contributed by atoms with van der Waals surface area (Å²) in [4.78, 5) is 38.6. The fourth-order valence-corrected chi connectivity index (χ4v) is 5.04. The van der Waals surface area contributed by atoms with Gasteiger partial charge in [0.25, 0.3) is 0 Å². The number of anilines is 1. The Labute approximate surface area is 272 Å². The number of nitrogens with zero attached hydrogens (tertiary/aromatic N) is 5. The summed E-state index contributed by atoms with van der Waals surface area (Å²) in [5.41, 5.74) is 8.70. The molecule has 4 rings (SSSR count). The first kappa shape index (κ1) is 36.4. The zero-order valence-electron chi connectivity index (χ0n) is 28.4. The first-order valence-electron chi connectivity index (χ1n) is 15.9. The first-order chi connectivity index (χ1) is 22.1. The standard InChI is InChI=1S/C32H42N6O4.C3H8O/c1-6-36(7-2)21-28(40)37(20-23-11-10-12-24(19-23)42-32(3,4)22-39)16-17-38-27(15-18-41-5)35-29-30(38)25-13-8-9-14-26(25)34-31(29)33;1-3-4-2/h8-14,19,22H,6-7,15-18,20-21H2,1-5H3,(H2,33,34);3H2,1-2H3. The Balaban J connectivity index is 0.00000136. The van der Waals surface area contributed by atoms with Crippen LogP contribution in [0.25, 0.3) is 21.9 Å². The largest absolute Gasteiger partial charge is 0.480 e. The Morgan fingerprint density at radius 3 is 2.39 bits per heavy atom. The van der Waals surface area contributed by atoms with E-state index in [2.05, 4.69) is 33.0 Å². The first-order valence-corrected chi connectivity index (χ1v) is 15.9. The Kier molecular flexibility index (Phi) is 13.9. The third kappa shape index (κ3) is 9.72. The van der Waals surface area contributed by atoms with Crippen molar-refractivity contribution in [2.75, 3.05) is 59.3 Å². The molecule has 0 spiro atoms. The number of amides is 1. The van der Waals surface area contributed by atoms with Gasteiger partial charge in [0.1, 0.15) is 17.1 Å². The predicted octanol–water partition coefficient (Wildman–Crippen LogP) is 4.74. The molecule has 0 aliphatic rings. The second-order valence-corrected chi connectivity index (χ2v) is 11.5. The number of likely N-dealkylation sites (N-methyl/N-ethyl adjacent to an activating group) is 1. The summed E-state index contributed by atoms with van der Waals surface area (Å²) >= 11 is 0. The number of benzene rings is 2. The van der Waals surface area contributed by atoms with Gasteiger partial charge in [-0.25, -0.2) is 9.97 Å². The van der Waals surface area contributed by atoms with Gasteiger partial charge >= 0.3 is 0 Å². The lowest BCUT2D eigenvalue weighted by Gasteiger charge is -2.27. The Morgan fingerprint density at radius 2 is 1.74 bits per heavy atom. The van der Waals surface area contributed by atoms with Gasteiger partial charge in [0.2, 0.25) is 5.91 Å². The van der Waals surface area contributed by atoms with Crippen molar-refractivity contribution in [3.8, 4) is 5.75 Å². The number of hydrogen-bond donors (Lipinski definition) is 1. The Hall–Kier alpha value is -4.06. The van der Waals surface area contributed by atoms with E-state index in [-0.39, 0.29) is 5.91 Å². The molecule has 2 aromatic heterocycles. The Bertz CT molecular complexity index is 1560. The van der Waals surface area contributed by atoms with Crippen LogP contribution in [0, 0.1) is 0 Å². The minimum atomic E-state index is -0.947. The number of fused-ring (bicyclic) bond motifs is 3. The molecule has 0 aliphatic heterocycles. The van der Waals surface area contributed by atoms with E-state index in [1.54, 1.807) is 28.1 Å². The molecule has 0 atom stereocenters. The molecule has 0 radical (unpaired) electrons. The van der Waals surface area contributed by atoms with Gasteiger partial charge in [-0.15, -0.1) is 0 Å². The highest BCUT2D eigenvalue weighted by molar-refractivity contribution is 6.06. The van der Waals surface area contributed by atoms with Crippen LogP contribution in [0.15, 0.2) is 48.5 Å². The van der Waals surface area contributed by atoms with E-state index in [0.29, 0.717) is 56.3 Å². The number of carbonyl (C=O) groups excluding carboxylic acids is 2. The maximum atomic E-state index is 13.7. The SMILES string of the molecule is CCN(CC)CC(=O)N(CCn1c(CCOC)nc2c(N)nc3ccccc3c21)Cc1cccc(OC(C)(C)C=O)c1.CCOC. The van der Waals surface area contributed by atoms with Crippen molar-refractivity contribution in [2.45, 2.75) is 59.7 Å². The van der Waals surface area contributed by atoms with Gasteiger partial charge in [0.15, 0.2) is 17.7 Å². The lowest BCUT2D eigenvalue weighted by molar-refractivity contribution is -0.133. The van der Waals surface area contributed by atoms with Crippen LogP contribution in [0.4, 0.5) is 5.82 Å². The fraction of sp³-hybridized carbons (Fsp3) is 0.486. The molecule has 0 bridgehead atoms. The minimum absolute atomic E-state index is 0.0344. The van der Waals surface area contributed by atoms with Crippen LogP contribution in [0.2, 0.25) is 0 Å². The molecule has 2 heterocycles. The molecule has 250 valence electrons. The van der Waals surface area contributed by atoms with Crippen molar-refractivity contribution in [3.05, 3.63) is 59.9 Å². The van der Waals surface area contributed by atoms with Crippen molar-refractivity contribution in [2.24, 2.45) is 0 Å². The second-order valence-electron chi connectivity index (χ2n) is 11.5. The average Bonchev–Trinajstić information content (AvgIpc) is 3.43. The van der Waals surface area contributed by atoms with Gasteiger partial charge in [-0.3, -0.25) is 14.5 Å². The molecule has 46 heavy (non-hydrogen) atoms. The van der Waals surface area contributed by atoms with E-state index >= 15 is 0 Å². The molecule has 0 fully saturated rings. The van der Waals surface area contributed by atoms with Crippen molar-refractivity contribution < 1.29 is 23.8 Å². The average molecular weight is 635 g/mol. The maximum Gasteiger partial charge on any atom is 0.237 e. The van der Waals surface area contributed by atoms with E-state index in [4.69, 9.17) is 20.2 Å².